The smallest absolute Gasteiger partial charge is 0.222 e. The predicted octanol–water partition coefficient (Wildman–Crippen LogP) is 3.39. The van der Waals surface area contributed by atoms with Gasteiger partial charge in [-0.05, 0) is 30.4 Å². The minimum absolute atomic E-state index is 0.107. The summed E-state index contributed by atoms with van der Waals surface area (Å²) >= 11 is 0. The van der Waals surface area contributed by atoms with Gasteiger partial charge < -0.3 is 14.6 Å². The van der Waals surface area contributed by atoms with Crippen molar-refractivity contribution in [3.8, 4) is 0 Å². The maximum atomic E-state index is 12.2. The van der Waals surface area contributed by atoms with E-state index >= 15 is 0 Å². The molecule has 2 rings (SSSR count). The van der Waals surface area contributed by atoms with Gasteiger partial charge in [-0.1, -0.05) is 39.0 Å². The third-order valence-electron chi connectivity index (χ3n) is 4.60. The lowest BCUT2D eigenvalue weighted by Crippen LogP contribution is -2.49. The fourth-order valence-electron chi connectivity index (χ4n) is 3.23. The molecular formula is C20H30N2O2. The molecule has 1 fully saturated rings. The Morgan fingerprint density at radius 3 is 2.21 bits per heavy atom. The lowest BCUT2D eigenvalue weighted by atomic mass is 9.85. The lowest BCUT2D eigenvalue weighted by molar-refractivity contribution is -0.131. The zero-order valence-electron chi connectivity index (χ0n) is 15.5. The fraction of sp³-hybridized carbons (Fsp3) is 0.600. The number of hydrogen-bond donors (Lipinski definition) is 0. The van der Waals surface area contributed by atoms with E-state index in [1.165, 1.54) is 11.3 Å². The molecule has 1 aliphatic rings. The number of anilines is 1. The summed E-state index contributed by atoms with van der Waals surface area (Å²) in [5.74, 6) is 0.339. The Kier molecular flexibility index (Phi) is 6.03. The monoisotopic (exact) mass is 330 g/mol. The molecule has 1 aromatic carbocycles. The molecule has 0 unspecified atom stereocenters. The molecule has 1 aromatic rings. The number of amides is 1. The van der Waals surface area contributed by atoms with Crippen molar-refractivity contribution in [2.45, 2.75) is 52.4 Å². The Morgan fingerprint density at radius 1 is 1.00 bits per heavy atom. The predicted molar refractivity (Wildman–Crippen MR) is 98.5 cm³/mol. The first-order valence-corrected chi connectivity index (χ1v) is 8.90. The molecule has 0 aromatic heterocycles. The van der Waals surface area contributed by atoms with Crippen LogP contribution in [0.5, 0.6) is 0 Å². The van der Waals surface area contributed by atoms with Crippen LogP contribution in [0.3, 0.4) is 0 Å². The van der Waals surface area contributed by atoms with E-state index in [1.54, 1.807) is 6.92 Å². The summed E-state index contributed by atoms with van der Waals surface area (Å²) in [6, 6.07) is 8.57. The maximum Gasteiger partial charge on any atom is 0.222 e. The van der Waals surface area contributed by atoms with Gasteiger partial charge in [0, 0.05) is 44.7 Å². The van der Waals surface area contributed by atoms with E-state index in [1.807, 2.05) is 4.90 Å². The third-order valence-corrected chi connectivity index (χ3v) is 4.60. The van der Waals surface area contributed by atoms with Crippen LogP contribution in [-0.2, 0) is 15.0 Å². The van der Waals surface area contributed by atoms with E-state index in [0.717, 1.165) is 26.2 Å². The summed E-state index contributed by atoms with van der Waals surface area (Å²) in [7, 11) is 0. The van der Waals surface area contributed by atoms with Crippen molar-refractivity contribution in [1.82, 2.24) is 4.90 Å². The summed E-state index contributed by atoms with van der Waals surface area (Å²) in [5.41, 5.74) is 2.75. The van der Waals surface area contributed by atoms with Crippen molar-refractivity contribution in [2.24, 2.45) is 0 Å². The second kappa shape index (κ2) is 7.82. The van der Waals surface area contributed by atoms with Crippen LogP contribution in [0.2, 0.25) is 0 Å². The summed E-state index contributed by atoms with van der Waals surface area (Å²) in [6.45, 7) is 11.5. The molecule has 4 nitrogen and oxygen atoms in total. The number of para-hydroxylation sites is 1. The van der Waals surface area contributed by atoms with Gasteiger partial charge in [-0.15, -0.1) is 0 Å². The van der Waals surface area contributed by atoms with Crippen molar-refractivity contribution in [3.05, 3.63) is 29.8 Å². The molecule has 24 heavy (non-hydrogen) atoms. The van der Waals surface area contributed by atoms with Gasteiger partial charge >= 0.3 is 0 Å². The van der Waals surface area contributed by atoms with E-state index in [9.17, 15) is 9.59 Å². The van der Waals surface area contributed by atoms with E-state index in [2.05, 4.69) is 49.9 Å². The number of piperazine rings is 1. The summed E-state index contributed by atoms with van der Waals surface area (Å²) in [6.07, 6.45) is 1.66. The van der Waals surface area contributed by atoms with E-state index < -0.39 is 0 Å². The van der Waals surface area contributed by atoms with Crippen molar-refractivity contribution in [2.75, 3.05) is 31.1 Å². The second-order valence-electron chi connectivity index (χ2n) is 7.69. The van der Waals surface area contributed by atoms with Gasteiger partial charge in [-0.3, -0.25) is 4.79 Å². The normalized spacial score (nSPS) is 15.5. The lowest BCUT2D eigenvalue weighted by Gasteiger charge is -2.38. The van der Waals surface area contributed by atoms with Crippen LogP contribution in [0.4, 0.5) is 5.69 Å². The number of rotatable bonds is 5. The number of hydrogen-bond acceptors (Lipinski definition) is 3. The molecule has 132 valence electrons. The maximum absolute atomic E-state index is 12.2. The molecule has 1 amide bonds. The number of carbonyl (C=O) groups is 2. The topological polar surface area (TPSA) is 40.6 Å². The van der Waals surface area contributed by atoms with Gasteiger partial charge in [0.2, 0.25) is 5.91 Å². The van der Waals surface area contributed by atoms with Crippen molar-refractivity contribution < 1.29 is 9.59 Å². The van der Waals surface area contributed by atoms with Crippen LogP contribution in [0.1, 0.15) is 52.5 Å². The first kappa shape index (κ1) is 18.5. The first-order valence-electron chi connectivity index (χ1n) is 8.90. The molecule has 1 saturated heterocycles. The summed E-state index contributed by atoms with van der Waals surface area (Å²) < 4.78 is 0. The average Bonchev–Trinajstić information content (AvgIpc) is 2.54. The van der Waals surface area contributed by atoms with Gasteiger partial charge in [0.25, 0.3) is 0 Å². The highest BCUT2D eigenvalue weighted by atomic mass is 16.2. The van der Waals surface area contributed by atoms with Crippen LogP contribution in [0.15, 0.2) is 24.3 Å². The Morgan fingerprint density at radius 2 is 1.62 bits per heavy atom. The standard InChI is InChI=1S/C20H30N2O2/c1-16(23)8-7-11-19(24)22-14-12-21(13-15-22)18-10-6-5-9-17(18)20(2,3)4/h5-6,9-10H,7-8,11-15H2,1-4H3. The third kappa shape index (κ3) is 4.83. The first-order chi connectivity index (χ1) is 11.3. The molecule has 4 heteroatoms. The Hall–Kier alpha value is -1.84. The molecule has 0 N–H and O–H groups in total. The van der Waals surface area contributed by atoms with E-state index in [0.29, 0.717) is 19.3 Å². The van der Waals surface area contributed by atoms with Crippen LogP contribution in [0.25, 0.3) is 0 Å². The van der Waals surface area contributed by atoms with Gasteiger partial charge in [-0.2, -0.15) is 0 Å². The van der Waals surface area contributed by atoms with Crippen molar-refractivity contribution in [3.63, 3.8) is 0 Å². The number of benzene rings is 1. The van der Waals surface area contributed by atoms with E-state index in [4.69, 9.17) is 0 Å². The molecule has 1 aliphatic heterocycles. The molecule has 0 spiro atoms. The quantitative estimate of drug-likeness (QED) is 0.831. The molecule has 0 aliphatic carbocycles. The molecule has 0 atom stereocenters. The Balaban J connectivity index is 1.94. The van der Waals surface area contributed by atoms with Gasteiger partial charge in [0.1, 0.15) is 5.78 Å². The molecular weight excluding hydrogens is 300 g/mol. The van der Waals surface area contributed by atoms with Gasteiger partial charge in [0.15, 0.2) is 0 Å². The van der Waals surface area contributed by atoms with Gasteiger partial charge in [0.05, 0.1) is 0 Å². The number of carbonyl (C=O) groups excluding carboxylic acids is 2. The highest BCUT2D eigenvalue weighted by molar-refractivity contribution is 5.79. The highest BCUT2D eigenvalue weighted by Gasteiger charge is 2.25. The molecule has 0 bridgehead atoms. The fourth-order valence-corrected chi connectivity index (χ4v) is 3.23. The molecule has 0 radical (unpaired) electrons. The molecule has 0 saturated carbocycles. The minimum Gasteiger partial charge on any atom is -0.368 e. The minimum atomic E-state index is 0.107. The number of ketones is 1. The second-order valence-corrected chi connectivity index (χ2v) is 7.69. The largest absolute Gasteiger partial charge is 0.368 e. The molecule has 1 heterocycles. The SMILES string of the molecule is CC(=O)CCCC(=O)N1CCN(c2ccccc2C(C)(C)C)CC1. The van der Waals surface area contributed by atoms with Crippen LogP contribution >= 0.6 is 0 Å². The van der Waals surface area contributed by atoms with Crippen molar-refractivity contribution in [1.29, 1.82) is 0 Å². The number of Topliss-reactive ketones (excluding diaryl/α,β-unsaturated/α-hetero) is 1. The summed E-state index contributed by atoms with van der Waals surface area (Å²) in [4.78, 5) is 27.6. The van der Waals surface area contributed by atoms with Crippen LogP contribution in [0, 0.1) is 0 Å². The highest BCUT2D eigenvalue weighted by Crippen LogP contribution is 2.32. The van der Waals surface area contributed by atoms with Crippen LogP contribution in [-0.4, -0.2) is 42.8 Å². The number of nitrogens with zero attached hydrogens (tertiary/aromatic N) is 2. The van der Waals surface area contributed by atoms with Crippen molar-refractivity contribution >= 4 is 17.4 Å². The summed E-state index contributed by atoms with van der Waals surface area (Å²) in [5, 5.41) is 0. The Labute approximate surface area is 145 Å². The van der Waals surface area contributed by atoms with Crippen LogP contribution < -0.4 is 4.90 Å². The van der Waals surface area contributed by atoms with Gasteiger partial charge in [-0.25, -0.2) is 0 Å². The zero-order chi connectivity index (χ0) is 17.7. The Bertz CT molecular complexity index is 582. The van der Waals surface area contributed by atoms with E-state index in [-0.39, 0.29) is 17.1 Å². The average molecular weight is 330 g/mol. The zero-order valence-corrected chi connectivity index (χ0v) is 15.5.